The van der Waals surface area contributed by atoms with Crippen LogP contribution in [0.4, 0.5) is 4.39 Å². The zero-order valence-corrected chi connectivity index (χ0v) is 18.0. The lowest BCUT2D eigenvalue weighted by molar-refractivity contribution is 0.0600. The number of hydrogen-bond acceptors (Lipinski definition) is 3. The van der Waals surface area contributed by atoms with Crippen molar-refractivity contribution in [3.63, 3.8) is 0 Å². The Labute approximate surface area is 176 Å². The van der Waals surface area contributed by atoms with Crippen LogP contribution in [-0.4, -0.2) is 32.6 Å². The van der Waals surface area contributed by atoms with Gasteiger partial charge in [0.2, 0.25) is 0 Å². The SMILES string of the molecule is CN=C(NCCc1ccc(C(=O)OC)cc1)NCc1ccc(C)c(F)c1.I. The molecule has 0 aliphatic heterocycles. The number of hydrogen-bond donors (Lipinski definition) is 2. The van der Waals surface area contributed by atoms with Crippen LogP contribution in [0.1, 0.15) is 27.0 Å². The van der Waals surface area contributed by atoms with Gasteiger partial charge in [-0.25, -0.2) is 9.18 Å². The highest BCUT2D eigenvalue weighted by Gasteiger charge is 2.05. The topological polar surface area (TPSA) is 62.7 Å². The summed E-state index contributed by atoms with van der Waals surface area (Å²) in [5.74, 6) is 0.103. The predicted octanol–water partition coefficient (Wildman–Crippen LogP) is 3.45. The second-order valence-electron chi connectivity index (χ2n) is 5.87. The van der Waals surface area contributed by atoms with Gasteiger partial charge in [0, 0.05) is 20.1 Å². The van der Waals surface area contributed by atoms with Gasteiger partial charge in [-0.15, -0.1) is 24.0 Å². The van der Waals surface area contributed by atoms with Crippen molar-refractivity contribution in [2.45, 2.75) is 19.9 Å². The second kappa shape index (κ2) is 11.5. The number of nitrogens with one attached hydrogen (secondary N) is 2. The number of nitrogens with zero attached hydrogens (tertiary/aromatic N) is 1. The van der Waals surface area contributed by atoms with E-state index in [0.29, 0.717) is 30.2 Å². The predicted molar refractivity (Wildman–Crippen MR) is 116 cm³/mol. The van der Waals surface area contributed by atoms with Crippen LogP contribution in [0.3, 0.4) is 0 Å². The molecule has 0 amide bonds. The summed E-state index contributed by atoms with van der Waals surface area (Å²) in [5, 5.41) is 6.38. The number of rotatable bonds is 6. The van der Waals surface area contributed by atoms with E-state index in [1.807, 2.05) is 18.2 Å². The molecule has 5 nitrogen and oxygen atoms in total. The number of methoxy groups -OCH3 is 1. The van der Waals surface area contributed by atoms with Crippen LogP contribution in [0.15, 0.2) is 47.5 Å². The van der Waals surface area contributed by atoms with Crippen LogP contribution in [0.25, 0.3) is 0 Å². The zero-order valence-electron chi connectivity index (χ0n) is 15.7. The van der Waals surface area contributed by atoms with Gasteiger partial charge in [-0.2, -0.15) is 0 Å². The van der Waals surface area contributed by atoms with Gasteiger partial charge in [0.05, 0.1) is 12.7 Å². The molecule has 27 heavy (non-hydrogen) atoms. The van der Waals surface area contributed by atoms with Crippen molar-refractivity contribution in [2.75, 3.05) is 20.7 Å². The van der Waals surface area contributed by atoms with Crippen LogP contribution in [-0.2, 0) is 17.7 Å². The lowest BCUT2D eigenvalue weighted by Crippen LogP contribution is -2.37. The molecule has 0 aliphatic rings. The lowest BCUT2D eigenvalue weighted by Gasteiger charge is -2.12. The number of carbonyl (C=O) groups is 1. The molecule has 7 heteroatoms. The van der Waals surface area contributed by atoms with Crippen molar-refractivity contribution in [2.24, 2.45) is 4.99 Å². The Morgan fingerprint density at radius 2 is 1.78 bits per heavy atom. The van der Waals surface area contributed by atoms with E-state index >= 15 is 0 Å². The van der Waals surface area contributed by atoms with Crippen LogP contribution < -0.4 is 10.6 Å². The van der Waals surface area contributed by atoms with E-state index in [2.05, 4.69) is 20.4 Å². The Morgan fingerprint density at radius 3 is 2.37 bits per heavy atom. The first-order valence-electron chi connectivity index (χ1n) is 8.40. The minimum atomic E-state index is -0.341. The molecule has 0 fully saturated rings. The van der Waals surface area contributed by atoms with Gasteiger partial charge in [-0.1, -0.05) is 24.3 Å². The van der Waals surface area contributed by atoms with E-state index in [0.717, 1.165) is 17.5 Å². The van der Waals surface area contributed by atoms with E-state index in [1.165, 1.54) is 13.2 Å². The molecule has 0 radical (unpaired) electrons. The molecule has 0 aromatic heterocycles. The molecule has 0 saturated carbocycles. The highest BCUT2D eigenvalue weighted by molar-refractivity contribution is 14.0. The maximum atomic E-state index is 13.6. The number of ether oxygens (including phenoxy) is 1. The Morgan fingerprint density at radius 1 is 1.11 bits per heavy atom. The second-order valence-corrected chi connectivity index (χ2v) is 5.87. The molecule has 2 rings (SSSR count). The molecule has 0 spiro atoms. The number of esters is 1. The van der Waals surface area contributed by atoms with Gasteiger partial charge in [0.15, 0.2) is 5.96 Å². The minimum absolute atomic E-state index is 0. The van der Waals surface area contributed by atoms with Crippen LogP contribution in [0.5, 0.6) is 0 Å². The summed E-state index contributed by atoms with van der Waals surface area (Å²) in [5.41, 5.74) is 3.12. The molecular formula is C20H25FIN3O2. The highest BCUT2D eigenvalue weighted by Crippen LogP contribution is 2.09. The average Bonchev–Trinajstić information content (AvgIpc) is 2.67. The molecule has 146 valence electrons. The van der Waals surface area contributed by atoms with Gasteiger partial charge in [0.25, 0.3) is 0 Å². The maximum Gasteiger partial charge on any atom is 0.337 e. The van der Waals surface area contributed by atoms with Crippen LogP contribution >= 0.6 is 24.0 Å². The van der Waals surface area contributed by atoms with Gasteiger partial charge in [0.1, 0.15) is 5.82 Å². The molecule has 0 bridgehead atoms. The number of benzene rings is 2. The van der Waals surface area contributed by atoms with Crippen molar-refractivity contribution in [3.05, 3.63) is 70.5 Å². The number of aryl methyl sites for hydroxylation is 1. The number of halogens is 2. The van der Waals surface area contributed by atoms with E-state index in [4.69, 9.17) is 0 Å². The lowest BCUT2D eigenvalue weighted by atomic mass is 10.1. The molecular weight excluding hydrogens is 460 g/mol. The fraction of sp³-hybridized carbons (Fsp3) is 0.300. The smallest absolute Gasteiger partial charge is 0.337 e. The summed E-state index contributed by atoms with van der Waals surface area (Å²) in [6, 6.07) is 12.5. The quantitative estimate of drug-likeness (QED) is 0.285. The fourth-order valence-corrected chi connectivity index (χ4v) is 2.40. The van der Waals surface area contributed by atoms with E-state index in [1.54, 1.807) is 32.2 Å². The van der Waals surface area contributed by atoms with Crippen molar-refractivity contribution in [1.82, 2.24) is 10.6 Å². The monoisotopic (exact) mass is 485 g/mol. The van der Waals surface area contributed by atoms with Gasteiger partial charge < -0.3 is 15.4 Å². The third-order valence-corrected chi connectivity index (χ3v) is 4.00. The minimum Gasteiger partial charge on any atom is -0.465 e. The first-order valence-corrected chi connectivity index (χ1v) is 8.40. The van der Waals surface area contributed by atoms with Gasteiger partial charge >= 0.3 is 5.97 Å². The summed E-state index contributed by atoms with van der Waals surface area (Å²) in [6.45, 7) is 2.91. The van der Waals surface area contributed by atoms with Crippen molar-refractivity contribution >= 4 is 35.9 Å². The zero-order chi connectivity index (χ0) is 18.9. The molecule has 2 aromatic carbocycles. The van der Waals surface area contributed by atoms with Crippen molar-refractivity contribution in [1.29, 1.82) is 0 Å². The normalized spacial score (nSPS) is 10.7. The van der Waals surface area contributed by atoms with Gasteiger partial charge in [-0.3, -0.25) is 4.99 Å². The first kappa shape index (κ1) is 22.9. The summed E-state index contributed by atoms with van der Waals surface area (Å²) in [6.07, 6.45) is 0.779. The van der Waals surface area contributed by atoms with E-state index < -0.39 is 0 Å². The Bertz CT molecular complexity index is 779. The number of aliphatic imine (C=N–C) groups is 1. The molecule has 2 N–H and O–H groups in total. The average molecular weight is 485 g/mol. The van der Waals surface area contributed by atoms with Gasteiger partial charge in [-0.05, 0) is 48.2 Å². The molecule has 0 atom stereocenters. The number of carbonyl (C=O) groups excluding carboxylic acids is 1. The van der Waals surface area contributed by atoms with Crippen LogP contribution in [0, 0.1) is 12.7 Å². The summed E-state index contributed by atoms with van der Waals surface area (Å²) >= 11 is 0. The maximum absolute atomic E-state index is 13.6. The highest BCUT2D eigenvalue weighted by atomic mass is 127. The fourth-order valence-electron chi connectivity index (χ4n) is 2.40. The standard InChI is InChI=1S/C20H24FN3O2.HI/c1-14-4-5-16(12-18(14)21)13-24-20(22-2)23-11-10-15-6-8-17(9-7-15)19(25)26-3;/h4-9,12H,10-11,13H2,1-3H3,(H2,22,23,24);1H. The van der Waals surface area contributed by atoms with Crippen molar-refractivity contribution in [3.8, 4) is 0 Å². The first-order chi connectivity index (χ1) is 12.5. The Balaban J connectivity index is 0.00000364. The third-order valence-electron chi connectivity index (χ3n) is 4.00. The largest absolute Gasteiger partial charge is 0.465 e. The Kier molecular flexibility index (Phi) is 9.77. The molecule has 0 unspecified atom stereocenters. The molecule has 2 aromatic rings. The third kappa shape index (κ3) is 7.16. The van der Waals surface area contributed by atoms with E-state index in [-0.39, 0.29) is 35.8 Å². The van der Waals surface area contributed by atoms with Crippen LogP contribution in [0.2, 0.25) is 0 Å². The Hall–Kier alpha value is -2.16. The van der Waals surface area contributed by atoms with Crippen molar-refractivity contribution < 1.29 is 13.9 Å². The molecule has 0 heterocycles. The summed E-state index contributed by atoms with van der Waals surface area (Å²) in [7, 11) is 3.06. The number of guanidine groups is 1. The summed E-state index contributed by atoms with van der Waals surface area (Å²) < 4.78 is 18.3. The molecule has 0 saturated heterocycles. The molecule has 0 aliphatic carbocycles. The summed E-state index contributed by atoms with van der Waals surface area (Å²) in [4.78, 5) is 15.6. The van der Waals surface area contributed by atoms with E-state index in [9.17, 15) is 9.18 Å².